The summed E-state index contributed by atoms with van der Waals surface area (Å²) >= 11 is 0. The van der Waals surface area contributed by atoms with Gasteiger partial charge in [-0.15, -0.1) is 0 Å². The van der Waals surface area contributed by atoms with E-state index in [9.17, 15) is 34.5 Å². The fourth-order valence-corrected chi connectivity index (χ4v) is 17.9. The van der Waals surface area contributed by atoms with Gasteiger partial charge in [-0.3, -0.25) is 0 Å². The molecule has 0 fully saturated rings. The van der Waals surface area contributed by atoms with Crippen LogP contribution in [0.2, 0.25) is 0 Å². The maximum atomic E-state index is 9.75. The fourth-order valence-electron chi connectivity index (χ4n) is 8.71. The van der Waals surface area contributed by atoms with Crippen LogP contribution in [-0.4, -0.2) is 25.5 Å². The first-order valence-electron chi connectivity index (χ1n) is 27.4. The van der Waals surface area contributed by atoms with Crippen LogP contribution in [0.3, 0.4) is 0 Å². The molecule has 0 aromatic heterocycles. The molecule has 2 nitrogen and oxygen atoms in total. The Balaban J connectivity index is 0.000000294. The summed E-state index contributed by atoms with van der Waals surface area (Å²) in [6.45, 7) is 0. The Kier molecular flexibility index (Phi) is 36.4. The van der Waals surface area contributed by atoms with Gasteiger partial charge in [0.1, 0.15) is 0 Å². The van der Waals surface area contributed by atoms with Crippen LogP contribution in [-0.2, 0) is 42.1 Å². The maximum Gasteiger partial charge on any atom is 2.00 e. The molecule has 12 aromatic rings. The average Bonchev–Trinajstić information content (AvgIpc) is 2.11. The summed E-state index contributed by atoms with van der Waals surface area (Å²) in [5.41, 5.74) is 0. The second kappa shape index (κ2) is 42.3. The van der Waals surface area contributed by atoms with E-state index < -0.39 is 46.2 Å². The zero-order chi connectivity index (χ0) is 60.7. The summed E-state index contributed by atoms with van der Waals surface area (Å²) in [5.74, 6) is 0. The first-order valence-corrected chi connectivity index (χ1v) is 32.7. The molecule has 0 heterocycles. The van der Waals surface area contributed by atoms with Crippen LogP contribution in [0, 0.1) is 0 Å². The third-order valence-electron chi connectivity index (χ3n) is 12.2. The standard InChI is InChI=1S/4C18H15P.2BF4.2H2O.2Pt/c4*1-4-10-16(11-5-1)19(17-12-6-2-7-13-17)18-14-8-3-9-15-18;2*2-1(3,4)5;;;;/h4*1-15H;;;2*1H2;;/q;;;;2*-1;;;2*+2/p-2. The van der Waals surface area contributed by atoms with Crippen LogP contribution in [0.4, 0.5) is 34.5 Å². The van der Waals surface area contributed by atoms with Gasteiger partial charge in [0.05, 0.1) is 0 Å². The van der Waals surface area contributed by atoms with E-state index >= 15 is 0 Å². The van der Waals surface area contributed by atoms with Crippen molar-refractivity contribution in [1.82, 2.24) is 0 Å². The number of hydrogen-bond acceptors (Lipinski definition) is 2. The molecule has 0 atom stereocenters. The van der Waals surface area contributed by atoms with E-state index in [0.29, 0.717) is 0 Å². The van der Waals surface area contributed by atoms with Crippen molar-refractivity contribution >= 4 is 110 Å². The summed E-state index contributed by atoms with van der Waals surface area (Å²) in [6.07, 6.45) is 0. The van der Waals surface area contributed by atoms with E-state index in [2.05, 4.69) is 364 Å². The molecule has 0 saturated heterocycles. The maximum absolute atomic E-state index is 9.75. The van der Waals surface area contributed by atoms with Crippen LogP contribution < -0.4 is 63.7 Å². The van der Waals surface area contributed by atoms with Crippen molar-refractivity contribution < 1.29 is 87.6 Å². The van der Waals surface area contributed by atoms with E-state index in [-0.39, 0.29) is 53.1 Å². The molecular formula is C72H62B2F8O2P4Pt2. The topological polar surface area (TPSA) is 60.0 Å². The van der Waals surface area contributed by atoms with E-state index in [4.69, 9.17) is 0 Å². The van der Waals surface area contributed by atoms with Gasteiger partial charge in [-0.2, -0.15) is 0 Å². The smallest absolute Gasteiger partial charge is 0.870 e. The van der Waals surface area contributed by atoms with Gasteiger partial charge in [0.2, 0.25) is 0 Å². The van der Waals surface area contributed by atoms with Crippen molar-refractivity contribution in [3.63, 3.8) is 0 Å². The van der Waals surface area contributed by atoms with Crippen LogP contribution in [0.5, 0.6) is 0 Å². The molecule has 0 saturated carbocycles. The zero-order valence-corrected chi connectivity index (χ0v) is 56.3. The van der Waals surface area contributed by atoms with E-state index in [1.165, 1.54) is 63.7 Å². The van der Waals surface area contributed by atoms with Gasteiger partial charge >= 0.3 is 56.6 Å². The molecule has 0 unspecified atom stereocenters. The summed E-state index contributed by atoms with van der Waals surface area (Å²) in [7, 11) is -13.8. The number of rotatable bonds is 12. The molecule has 12 aromatic carbocycles. The van der Waals surface area contributed by atoms with E-state index in [0.717, 1.165) is 0 Å². The van der Waals surface area contributed by atoms with Crippen molar-refractivity contribution in [1.29, 1.82) is 0 Å². The average molecular weight is 1650 g/mol. The molecule has 0 radical (unpaired) electrons. The van der Waals surface area contributed by atoms with Crippen LogP contribution >= 0.6 is 31.7 Å². The Morgan fingerprint density at radius 3 is 0.256 bits per heavy atom. The summed E-state index contributed by atoms with van der Waals surface area (Å²) in [4.78, 5) is 0. The Hall–Kier alpha value is -6.77. The first-order chi connectivity index (χ1) is 41.8. The first kappa shape index (κ1) is 77.5. The zero-order valence-electron chi connectivity index (χ0n) is 48.1. The van der Waals surface area contributed by atoms with Gasteiger partial charge in [-0.1, -0.05) is 364 Å². The monoisotopic (exact) mass is 1650 g/mol. The molecule has 0 aliphatic heterocycles. The van der Waals surface area contributed by atoms with Gasteiger partial charge in [0.15, 0.2) is 0 Å². The van der Waals surface area contributed by atoms with E-state index in [1.807, 2.05) is 0 Å². The molecule has 90 heavy (non-hydrogen) atoms. The van der Waals surface area contributed by atoms with Gasteiger partial charge in [0.25, 0.3) is 0 Å². The molecule has 18 heteroatoms. The van der Waals surface area contributed by atoms with Crippen molar-refractivity contribution in [3.05, 3.63) is 364 Å². The minimum atomic E-state index is -6.00. The van der Waals surface area contributed by atoms with Crippen LogP contribution in [0.1, 0.15) is 0 Å². The van der Waals surface area contributed by atoms with E-state index in [1.54, 1.807) is 0 Å². The number of halogens is 8. The minimum Gasteiger partial charge on any atom is -0.870 e. The molecular weight excluding hydrogens is 1580 g/mol. The molecule has 12 rings (SSSR count). The second-order valence-electron chi connectivity index (χ2n) is 18.4. The Bertz CT molecular complexity index is 2830. The molecule has 0 aliphatic rings. The molecule has 0 aliphatic carbocycles. The van der Waals surface area contributed by atoms with Crippen molar-refractivity contribution in [3.8, 4) is 0 Å². The third-order valence-corrected chi connectivity index (χ3v) is 21.9. The molecule has 0 amide bonds. The van der Waals surface area contributed by atoms with Crippen molar-refractivity contribution in [2.24, 2.45) is 0 Å². The van der Waals surface area contributed by atoms with Crippen molar-refractivity contribution in [2.45, 2.75) is 0 Å². The normalized spacial score (nSPS) is 10.3. The fraction of sp³-hybridized carbons (Fsp3) is 0. The minimum absolute atomic E-state index is 0. The molecule has 2 N–H and O–H groups in total. The summed E-state index contributed by atoms with van der Waals surface area (Å²) in [5, 5.41) is 16.8. The predicted octanol–water partition coefficient (Wildman–Crippen LogP) is 16.0. The third kappa shape index (κ3) is 27.8. The Labute approximate surface area is 557 Å². The Morgan fingerprint density at radius 1 is 0.144 bits per heavy atom. The Morgan fingerprint density at radius 2 is 0.200 bits per heavy atom. The molecule has 0 spiro atoms. The quantitative estimate of drug-likeness (QED) is 0.0695. The summed E-state index contributed by atoms with van der Waals surface area (Å²) in [6, 6.07) is 129. The van der Waals surface area contributed by atoms with Gasteiger partial charge in [0, 0.05) is 0 Å². The molecule has 0 bridgehead atoms. The van der Waals surface area contributed by atoms with Crippen molar-refractivity contribution in [2.75, 3.05) is 0 Å². The second-order valence-corrected chi connectivity index (χ2v) is 27.2. The number of hydrogen-bond donors (Lipinski definition) is 0. The molecule has 464 valence electrons. The van der Waals surface area contributed by atoms with Gasteiger partial charge in [-0.05, 0) is 95.3 Å². The summed E-state index contributed by atoms with van der Waals surface area (Å²) < 4.78 is 78.0. The van der Waals surface area contributed by atoms with Gasteiger partial charge in [-0.25, -0.2) is 0 Å². The van der Waals surface area contributed by atoms with Gasteiger partial charge < -0.3 is 45.5 Å². The predicted molar refractivity (Wildman–Crippen MR) is 365 cm³/mol. The van der Waals surface area contributed by atoms with Crippen LogP contribution in [0.25, 0.3) is 0 Å². The number of benzene rings is 12. The van der Waals surface area contributed by atoms with Crippen LogP contribution in [0.15, 0.2) is 364 Å². The SMILES string of the molecule is F[B-](F)(F)F.F[B-](F)(F)F.[OH-].[OH-].[Pt+2].[Pt+2].c1ccc(P(c2ccccc2)c2ccccc2)cc1.c1ccc(P(c2ccccc2)c2ccccc2)cc1.c1ccc(P(c2ccccc2)c2ccccc2)cc1.c1ccc(P(c2ccccc2)c2ccccc2)cc1. The largest absolute Gasteiger partial charge is 2.00 e.